The van der Waals surface area contributed by atoms with Crippen molar-refractivity contribution in [2.45, 2.75) is 44.7 Å². The Labute approximate surface area is 108 Å². The second-order valence-corrected chi connectivity index (χ2v) is 5.16. The van der Waals surface area contributed by atoms with Crippen molar-refractivity contribution in [3.63, 3.8) is 0 Å². The fourth-order valence-corrected chi connectivity index (χ4v) is 2.68. The molecule has 4 nitrogen and oxygen atoms in total. The lowest BCUT2D eigenvalue weighted by atomic mass is 9.90. The molecule has 0 atom stereocenters. The van der Waals surface area contributed by atoms with Gasteiger partial charge in [0.2, 0.25) is 0 Å². The molecule has 0 unspecified atom stereocenters. The molecule has 1 aliphatic rings. The van der Waals surface area contributed by atoms with Crippen LogP contribution in [-0.4, -0.2) is 37.0 Å². The van der Waals surface area contributed by atoms with Crippen molar-refractivity contribution in [2.24, 2.45) is 0 Å². The highest BCUT2D eigenvalue weighted by atomic mass is 16.3. The summed E-state index contributed by atoms with van der Waals surface area (Å²) in [7, 11) is 3.91. The van der Waals surface area contributed by atoms with Gasteiger partial charge in [-0.05, 0) is 45.7 Å². The number of furan rings is 1. The summed E-state index contributed by atoms with van der Waals surface area (Å²) in [5, 5.41) is 3.31. The Hall–Kier alpha value is -1.29. The number of hydrogen-bond acceptors (Lipinski definition) is 3. The van der Waals surface area contributed by atoms with Gasteiger partial charge in [0.15, 0.2) is 0 Å². The molecule has 0 radical (unpaired) electrons. The lowest BCUT2D eigenvalue weighted by molar-refractivity contribution is 0.0685. The second-order valence-electron chi connectivity index (χ2n) is 5.16. The Balaban J connectivity index is 1.95. The number of rotatable bonds is 3. The first-order valence-corrected chi connectivity index (χ1v) is 6.61. The van der Waals surface area contributed by atoms with Gasteiger partial charge in [-0.2, -0.15) is 0 Å². The maximum Gasteiger partial charge on any atom is 0.257 e. The Morgan fingerprint density at radius 1 is 1.39 bits per heavy atom. The first-order valence-electron chi connectivity index (χ1n) is 6.61. The number of amides is 1. The highest BCUT2D eigenvalue weighted by Gasteiger charge is 2.26. The van der Waals surface area contributed by atoms with Gasteiger partial charge in [0, 0.05) is 19.1 Å². The van der Waals surface area contributed by atoms with Gasteiger partial charge < -0.3 is 14.6 Å². The van der Waals surface area contributed by atoms with Crippen molar-refractivity contribution in [1.29, 1.82) is 0 Å². The van der Waals surface area contributed by atoms with E-state index in [9.17, 15) is 4.79 Å². The summed E-state index contributed by atoms with van der Waals surface area (Å²) in [6, 6.07) is 2.77. The van der Waals surface area contributed by atoms with Gasteiger partial charge in [-0.1, -0.05) is 0 Å². The van der Waals surface area contributed by atoms with Crippen LogP contribution in [0.4, 0.5) is 0 Å². The number of hydrogen-bond donors (Lipinski definition) is 1. The van der Waals surface area contributed by atoms with Crippen molar-refractivity contribution < 1.29 is 9.21 Å². The zero-order valence-electron chi connectivity index (χ0n) is 11.4. The van der Waals surface area contributed by atoms with E-state index in [0.29, 0.717) is 17.6 Å². The molecule has 1 aromatic heterocycles. The number of nitrogens with one attached hydrogen (secondary N) is 1. The molecule has 1 amide bonds. The van der Waals surface area contributed by atoms with E-state index in [1.807, 2.05) is 25.9 Å². The van der Waals surface area contributed by atoms with Gasteiger partial charge in [0.25, 0.3) is 5.91 Å². The summed E-state index contributed by atoms with van der Waals surface area (Å²) in [5.74, 6) is 0.852. The first kappa shape index (κ1) is 13.1. The van der Waals surface area contributed by atoms with Gasteiger partial charge in [-0.25, -0.2) is 0 Å². The van der Waals surface area contributed by atoms with E-state index in [4.69, 9.17) is 4.42 Å². The molecule has 0 spiro atoms. The monoisotopic (exact) mass is 250 g/mol. The minimum atomic E-state index is 0.0692. The van der Waals surface area contributed by atoms with Crippen molar-refractivity contribution in [2.75, 3.05) is 14.1 Å². The summed E-state index contributed by atoms with van der Waals surface area (Å²) >= 11 is 0. The van der Waals surface area contributed by atoms with Crippen LogP contribution in [0.15, 0.2) is 16.7 Å². The van der Waals surface area contributed by atoms with E-state index >= 15 is 0 Å². The average molecular weight is 250 g/mol. The molecule has 1 aromatic rings. The van der Waals surface area contributed by atoms with E-state index in [2.05, 4.69) is 5.32 Å². The predicted octanol–water partition coefficient (Wildman–Crippen LogP) is 2.19. The van der Waals surface area contributed by atoms with Crippen molar-refractivity contribution in [1.82, 2.24) is 10.2 Å². The summed E-state index contributed by atoms with van der Waals surface area (Å²) in [6.45, 7) is 1.86. The molecule has 0 bridgehead atoms. The maximum atomic E-state index is 12.3. The SMILES string of the molecule is CNC1CCC(N(C)C(=O)c2coc(C)c2)CC1. The molecule has 1 fully saturated rings. The average Bonchev–Trinajstić information content (AvgIpc) is 2.84. The van der Waals surface area contributed by atoms with E-state index in [1.54, 1.807) is 12.3 Å². The van der Waals surface area contributed by atoms with Gasteiger partial charge in [0.1, 0.15) is 12.0 Å². The van der Waals surface area contributed by atoms with Crippen LogP contribution < -0.4 is 5.32 Å². The number of aryl methyl sites for hydroxylation is 1. The molecular formula is C14H22N2O2. The lowest BCUT2D eigenvalue weighted by Crippen LogP contribution is -2.42. The zero-order valence-corrected chi connectivity index (χ0v) is 11.4. The van der Waals surface area contributed by atoms with E-state index in [1.165, 1.54) is 0 Å². The second kappa shape index (κ2) is 5.57. The molecule has 0 aliphatic heterocycles. The standard InChI is InChI=1S/C14H22N2O2/c1-10-8-11(9-18-10)14(17)16(3)13-6-4-12(15-2)5-7-13/h8-9,12-13,15H,4-7H2,1-3H3. The largest absolute Gasteiger partial charge is 0.469 e. The summed E-state index contributed by atoms with van der Waals surface area (Å²) in [6.07, 6.45) is 5.98. The molecule has 4 heteroatoms. The molecule has 1 saturated carbocycles. The van der Waals surface area contributed by atoms with Crippen LogP contribution in [0.1, 0.15) is 41.8 Å². The quantitative estimate of drug-likeness (QED) is 0.894. The Bertz CT molecular complexity index is 406. The normalized spacial score (nSPS) is 23.9. The fraction of sp³-hybridized carbons (Fsp3) is 0.643. The lowest BCUT2D eigenvalue weighted by Gasteiger charge is -2.34. The van der Waals surface area contributed by atoms with Crippen LogP contribution in [0.25, 0.3) is 0 Å². The van der Waals surface area contributed by atoms with E-state index in [0.717, 1.165) is 31.4 Å². The number of carbonyl (C=O) groups excluding carboxylic acids is 1. The topological polar surface area (TPSA) is 45.5 Å². The van der Waals surface area contributed by atoms with E-state index in [-0.39, 0.29) is 5.91 Å². The molecular weight excluding hydrogens is 228 g/mol. The van der Waals surface area contributed by atoms with Gasteiger partial charge in [0.05, 0.1) is 5.56 Å². The Kier molecular flexibility index (Phi) is 4.07. The Morgan fingerprint density at radius 3 is 2.56 bits per heavy atom. The molecule has 0 saturated heterocycles. The molecule has 100 valence electrons. The van der Waals surface area contributed by atoms with Crippen LogP contribution in [-0.2, 0) is 0 Å². The third-order valence-electron chi connectivity index (χ3n) is 3.95. The highest BCUT2D eigenvalue weighted by molar-refractivity contribution is 5.94. The summed E-state index contributed by atoms with van der Waals surface area (Å²) in [5.41, 5.74) is 0.658. The molecule has 1 heterocycles. The molecule has 2 rings (SSSR count). The van der Waals surface area contributed by atoms with Crippen molar-refractivity contribution >= 4 is 5.91 Å². The summed E-state index contributed by atoms with van der Waals surface area (Å²) in [4.78, 5) is 14.1. The number of carbonyl (C=O) groups is 1. The molecule has 1 N–H and O–H groups in total. The first-order chi connectivity index (χ1) is 8.61. The minimum absolute atomic E-state index is 0.0692. The van der Waals surface area contributed by atoms with E-state index < -0.39 is 0 Å². The Morgan fingerprint density at radius 2 is 2.06 bits per heavy atom. The van der Waals surface area contributed by atoms with Crippen LogP contribution in [0, 0.1) is 6.92 Å². The maximum absolute atomic E-state index is 12.3. The zero-order chi connectivity index (χ0) is 13.1. The van der Waals surface area contributed by atoms with Crippen molar-refractivity contribution in [3.05, 3.63) is 23.7 Å². The van der Waals surface area contributed by atoms with Gasteiger partial charge in [-0.15, -0.1) is 0 Å². The van der Waals surface area contributed by atoms with Crippen LogP contribution in [0.2, 0.25) is 0 Å². The van der Waals surface area contributed by atoms with Crippen molar-refractivity contribution in [3.8, 4) is 0 Å². The third-order valence-corrected chi connectivity index (χ3v) is 3.95. The van der Waals surface area contributed by atoms with Gasteiger partial charge in [-0.3, -0.25) is 4.79 Å². The molecule has 0 aromatic carbocycles. The fourth-order valence-electron chi connectivity index (χ4n) is 2.68. The minimum Gasteiger partial charge on any atom is -0.469 e. The smallest absolute Gasteiger partial charge is 0.257 e. The predicted molar refractivity (Wildman–Crippen MR) is 70.6 cm³/mol. The van der Waals surface area contributed by atoms with Crippen LogP contribution >= 0.6 is 0 Å². The molecule has 1 aliphatic carbocycles. The van der Waals surface area contributed by atoms with Crippen LogP contribution in [0.3, 0.4) is 0 Å². The molecule has 18 heavy (non-hydrogen) atoms. The summed E-state index contributed by atoms with van der Waals surface area (Å²) < 4.78 is 5.20. The van der Waals surface area contributed by atoms with Crippen LogP contribution in [0.5, 0.6) is 0 Å². The highest BCUT2D eigenvalue weighted by Crippen LogP contribution is 2.23. The third kappa shape index (κ3) is 2.75. The van der Waals surface area contributed by atoms with Gasteiger partial charge >= 0.3 is 0 Å². The number of nitrogens with zero attached hydrogens (tertiary/aromatic N) is 1.